The van der Waals surface area contributed by atoms with E-state index >= 15 is 0 Å². The van der Waals surface area contributed by atoms with Crippen molar-refractivity contribution in [3.05, 3.63) is 35.4 Å². The second kappa shape index (κ2) is 18.7. The molecule has 4 heteroatoms. The highest BCUT2D eigenvalue weighted by atomic mass is 16.2. The van der Waals surface area contributed by atoms with E-state index in [1.807, 2.05) is 6.92 Å². The Morgan fingerprint density at radius 1 is 0.810 bits per heavy atom. The molecule has 238 valence electrons. The van der Waals surface area contributed by atoms with Gasteiger partial charge in [-0.3, -0.25) is 9.69 Å². The Balaban J connectivity index is 1.57. The molecule has 2 aliphatic carbocycles. The Hall–Kier alpha value is -1.84. The summed E-state index contributed by atoms with van der Waals surface area (Å²) in [7, 11) is 0. The Kier molecular flexibility index (Phi) is 15.5. The van der Waals surface area contributed by atoms with Crippen molar-refractivity contribution in [1.29, 1.82) is 0 Å². The van der Waals surface area contributed by atoms with Gasteiger partial charge < -0.3 is 5.32 Å². The lowest BCUT2D eigenvalue weighted by Crippen LogP contribution is -2.54. The largest absolute Gasteiger partial charge is 0.335 e. The number of hydrogen-bond donors (Lipinski definition) is 1. The van der Waals surface area contributed by atoms with Gasteiger partial charge in [-0.25, -0.2) is 4.79 Å². The lowest BCUT2D eigenvalue weighted by molar-refractivity contribution is -0.131. The highest BCUT2D eigenvalue weighted by molar-refractivity contribution is 5.98. The second-order valence-electron chi connectivity index (χ2n) is 14.3. The minimum Gasteiger partial charge on any atom is -0.335 e. The van der Waals surface area contributed by atoms with Gasteiger partial charge in [-0.1, -0.05) is 123 Å². The SMILES string of the molecule is CCCCCCC1CCC(NC(=O)N(C(=O)C(C)c2ccc(CC(C)CC(C)CCCC)cc2)C2CCCCC2)CC1. The second-order valence-corrected chi connectivity index (χ2v) is 14.3. The van der Waals surface area contributed by atoms with Crippen LogP contribution in [0, 0.1) is 17.8 Å². The molecule has 0 heterocycles. The highest BCUT2D eigenvalue weighted by Crippen LogP contribution is 2.31. The number of benzene rings is 1. The maximum absolute atomic E-state index is 14.0. The van der Waals surface area contributed by atoms with Crippen LogP contribution >= 0.6 is 0 Å². The zero-order chi connectivity index (χ0) is 30.3. The lowest BCUT2D eigenvalue weighted by Gasteiger charge is -2.36. The van der Waals surface area contributed by atoms with E-state index in [0.717, 1.165) is 62.3 Å². The van der Waals surface area contributed by atoms with Crippen LogP contribution in [-0.2, 0) is 11.2 Å². The molecule has 0 aromatic heterocycles. The van der Waals surface area contributed by atoms with Crippen LogP contribution < -0.4 is 5.32 Å². The first-order valence-electron chi connectivity index (χ1n) is 18.0. The zero-order valence-corrected chi connectivity index (χ0v) is 28.0. The molecule has 0 radical (unpaired) electrons. The summed E-state index contributed by atoms with van der Waals surface area (Å²) in [6.45, 7) is 11.3. The molecule has 4 nitrogen and oxygen atoms in total. The molecule has 0 spiro atoms. The summed E-state index contributed by atoms with van der Waals surface area (Å²) in [6.07, 6.45) is 22.7. The van der Waals surface area contributed by atoms with E-state index in [0.29, 0.717) is 5.92 Å². The summed E-state index contributed by atoms with van der Waals surface area (Å²) >= 11 is 0. The Morgan fingerprint density at radius 2 is 1.48 bits per heavy atom. The minimum atomic E-state index is -0.322. The number of amides is 3. The molecule has 2 fully saturated rings. The first-order chi connectivity index (χ1) is 20.3. The van der Waals surface area contributed by atoms with Gasteiger partial charge in [-0.15, -0.1) is 0 Å². The van der Waals surface area contributed by atoms with Gasteiger partial charge in [0, 0.05) is 12.1 Å². The molecule has 1 aromatic rings. The van der Waals surface area contributed by atoms with Crippen molar-refractivity contribution in [2.24, 2.45) is 17.8 Å². The number of imide groups is 1. The molecule has 2 saturated carbocycles. The number of unbranched alkanes of at least 4 members (excludes halogenated alkanes) is 4. The van der Waals surface area contributed by atoms with E-state index in [-0.39, 0.29) is 29.9 Å². The van der Waals surface area contributed by atoms with E-state index in [2.05, 4.69) is 57.3 Å². The van der Waals surface area contributed by atoms with E-state index in [4.69, 9.17) is 0 Å². The molecule has 0 saturated heterocycles. The van der Waals surface area contributed by atoms with Crippen LogP contribution in [0.5, 0.6) is 0 Å². The Bertz CT molecular complexity index is 898. The summed E-state index contributed by atoms with van der Waals surface area (Å²) in [5.41, 5.74) is 2.36. The van der Waals surface area contributed by atoms with Gasteiger partial charge in [0.05, 0.1) is 5.92 Å². The molecule has 1 aromatic carbocycles. The number of carbonyl (C=O) groups is 2. The molecule has 3 amide bonds. The summed E-state index contributed by atoms with van der Waals surface area (Å²) in [5, 5.41) is 3.33. The monoisotopic (exact) mass is 580 g/mol. The van der Waals surface area contributed by atoms with Crippen LogP contribution in [0.1, 0.15) is 167 Å². The zero-order valence-electron chi connectivity index (χ0n) is 28.0. The maximum atomic E-state index is 14.0. The van der Waals surface area contributed by atoms with Crippen molar-refractivity contribution < 1.29 is 9.59 Å². The van der Waals surface area contributed by atoms with Crippen molar-refractivity contribution in [1.82, 2.24) is 10.2 Å². The molecule has 0 aliphatic heterocycles. The third-order valence-corrected chi connectivity index (χ3v) is 10.3. The molecular weight excluding hydrogens is 516 g/mol. The fourth-order valence-corrected chi connectivity index (χ4v) is 7.62. The Morgan fingerprint density at radius 3 is 2.12 bits per heavy atom. The Labute approximate surface area is 259 Å². The molecule has 0 bridgehead atoms. The van der Waals surface area contributed by atoms with Crippen LogP contribution in [0.15, 0.2) is 24.3 Å². The number of carbonyl (C=O) groups excluding carboxylic acids is 2. The molecule has 42 heavy (non-hydrogen) atoms. The number of urea groups is 1. The molecule has 3 atom stereocenters. The maximum Gasteiger partial charge on any atom is 0.324 e. The van der Waals surface area contributed by atoms with Gasteiger partial charge in [-0.05, 0) is 87.2 Å². The fraction of sp³-hybridized carbons (Fsp3) is 0.789. The fourth-order valence-electron chi connectivity index (χ4n) is 7.62. The van der Waals surface area contributed by atoms with Crippen molar-refractivity contribution in [3.63, 3.8) is 0 Å². The van der Waals surface area contributed by atoms with Crippen molar-refractivity contribution in [3.8, 4) is 0 Å². The van der Waals surface area contributed by atoms with E-state index in [1.165, 1.54) is 82.6 Å². The van der Waals surface area contributed by atoms with Gasteiger partial charge in [-0.2, -0.15) is 0 Å². The molecular formula is C38H64N2O2. The van der Waals surface area contributed by atoms with Gasteiger partial charge in [0.25, 0.3) is 0 Å². The molecule has 3 rings (SSSR count). The van der Waals surface area contributed by atoms with Crippen LogP contribution in [-0.4, -0.2) is 28.9 Å². The number of hydrogen-bond acceptors (Lipinski definition) is 2. The third kappa shape index (κ3) is 11.3. The number of nitrogens with zero attached hydrogens (tertiary/aromatic N) is 1. The average molecular weight is 581 g/mol. The van der Waals surface area contributed by atoms with E-state index < -0.39 is 0 Å². The summed E-state index contributed by atoms with van der Waals surface area (Å²) in [6, 6.07) is 8.75. The predicted octanol–water partition coefficient (Wildman–Crippen LogP) is 10.6. The first-order valence-corrected chi connectivity index (χ1v) is 18.0. The average Bonchev–Trinajstić information content (AvgIpc) is 2.99. The quantitative estimate of drug-likeness (QED) is 0.198. The van der Waals surface area contributed by atoms with Crippen LogP contribution in [0.25, 0.3) is 0 Å². The van der Waals surface area contributed by atoms with Crippen molar-refractivity contribution in [2.75, 3.05) is 0 Å². The third-order valence-electron chi connectivity index (χ3n) is 10.3. The van der Waals surface area contributed by atoms with Gasteiger partial charge in [0.1, 0.15) is 0 Å². The van der Waals surface area contributed by atoms with E-state index in [1.54, 1.807) is 4.90 Å². The smallest absolute Gasteiger partial charge is 0.324 e. The van der Waals surface area contributed by atoms with Crippen molar-refractivity contribution >= 4 is 11.9 Å². The predicted molar refractivity (Wildman–Crippen MR) is 178 cm³/mol. The van der Waals surface area contributed by atoms with Gasteiger partial charge in [0.15, 0.2) is 0 Å². The molecule has 3 unspecified atom stereocenters. The summed E-state index contributed by atoms with van der Waals surface area (Å²) in [5.74, 6) is 1.89. The molecule has 1 N–H and O–H groups in total. The van der Waals surface area contributed by atoms with Crippen LogP contribution in [0.2, 0.25) is 0 Å². The van der Waals surface area contributed by atoms with Crippen LogP contribution in [0.4, 0.5) is 4.79 Å². The van der Waals surface area contributed by atoms with Gasteiger partial charge >= 0.3 is 6.03 Å². The lowest BCUT2D eigenvalue weighted by atomic mass is 9.83. The van der Waals surface area contributed by atoms with E-state index in [9.17, 15) is 9.59 Å². The molecule has 2 aliphatic rings. The number of nitrogens with one attached hydrogen (secondary N) is 1. The standard InChI is InChI=1S/C38H64N2O2/c1-6-8-10-12-16-32-21-25-35(26-22-32)39-38(42)40(36-17-13-11-14-18-36)37(41)31(5)34-23-19-33(20-24-34)28-30(4)27-29(3)15-9-7-2/h19-20,23-24,29-32,35-36H,6-18,21-22,25-28H2,1-5H3,(H,39,42). The van der Waals surface area contributed by atoms with Crippen molar-refractivity contribution in [2.45, 2.75) is 175 Å². The normalized spacial score (nSPS) is 21.8. The van der Waals surface area contributed by atoms with Crippen LogP contribution in [0.3, 0.4) is 0 Å². The summed E-state index contributed by atoms with van der Waals surface area (Å²) in [4.78, 5) is 29.4. The number of rotatable bonds is 16. The summed E-state index contributed by atoms with van der Waals surface area (Å²) < 4.78 is 0. The topological polar surface area (TPSA) is 49.4 Å². The first kappa shape index (κ1) is 34.6. The minimum absolute atomic E-state index is 0.0263. The van der Waals surface area contributed by atoms with Gasteiger partial charge in [0.2, 0.25) is 5.91 Å². The highest BCUT2D eigenvalue weighted by Gasteiger charge is 2.35.